The maximum atomic E-state index is 2.58. The second kappa shape index (κ2) is 4.88. The van der Waals surface area contributed by atoms with Crippen LogP contribution in [0.25, 0.3) is 0 Å². The Labute approximate surface area is 98.9 Å². The molecule has 1 aromatic rings. The van der Waals surface area contributed by atoms with Crippen LogP contribution in [-0.2, 0) is 0 Å². The first-order chi connectivity index (χ1) is 7.68. The van der Waals surface area contributed by atoms with E-state index in [9.17, 15) is 0 Å². The molecule has 88 valence electrons. The molecule has 1 aliphatic rings. The van der Waals surface area contributed by atoms with Gasteiger partial charge >= 0.3 is 0 Å². The topological polar surface area (TPSA) is 6.48 Å². The second-order valence-corrected chi connectivity index (χ2v) is 4.96. The molecule has 0 bridgehead atoms. The van der Waals surface area contributed by atoms with E-state index in [0.717, 1.165) is 13.1 Å². The van der Waals surface area contributed by atoms with Gasteiger partial charge < -0.3 is 4.90 Å². The van der Waals surface area contributed by atoms with Gasteiger partial charge in [0.15, 0.2) is 0 Å². The van der Waals surface area contributed by atoms with Gasteiger partial charge in [-0.05, 0) is 32.9 Å². The third kappa shape index (κ3) is 2.38. The van der Waals surface area contributed by atoms with Crippen LogP contribution in [0.4, 0.5) is 5.69 Å². The molecule has 0 radical (unpaired) electrons. The van der Waals surface area contributed by atoms with Crippen molar-refractivity contribution in [2.45, 2.75) is 32.9 Å². The zero-order chi connectivity index (χ0) is 11.5. The summed E-state index contributed by atoms with van der Waals surface area (Å²) in [5, 5.41) is 0. The molecular formula is C14H22N2. The van der Waals surface area contributed by atoms with Crippen molar-refractivity contribution in [1.82, 2.24) is 4.90 Å². The first-order valence-electron chi connectivity index (χ1n) is 6.24. The van der Waals surface area contributed by atoms with Crippen molar-refractivity contribution in [3.05, 3.63) is 30.3 Å². The minimum absolute atomic E-state index is 0.647. The van der Waals surface area contributed by atoms with Crippen molar-refractivity contribution in [1.29, 1.82) is 0 Å². The van der Waals surface area contributed by atoms with E-state index in [2.05, 4.69) is 60.9 Å². The van der Waals surface area contributed by atoms with Crippen LogP contribution >= 0.6 is 0 Å². The largest absolute Gasteiger partial charge is 0.369 e. The van der Waals surface area contributed by atoms with E-state index in [1.54, 1.807) is 0 Å². The molecule has 0 spiro atoms. The van der Waals surface area contributed by atoms with Gasteiger partial charge in [0.1, 0.15) is 0 Å². The molecule has 0 aromatic heterocycles. The molecule has 2 heteroatoms. The Balaban J connectivity index is 2.03. The third-order valence-electron chi connectivity index (χ3n) is 3.46. The summed E-state index contributed by atoms with van der Waals surface area (Å²) in [7, 11) is 0. The molecule has 1 heterocycles. The number of nitrogens with zero attached hydrogens (tertiary/aromatic N) is 2. The van der Waals surface area contributed by atoms with E-state index in [1.807, 2.05) is 0 Å². The van der Waals surface area contributed by atoms with Crippen LogP contribution in [0.15, 0.2) is 30.3 Å². The SMILES string of the molecule is CC(C)N1CCN(c2ccccc2)C[C@@H]1C. The van der Waals surface area contributed by atoms with Crippen molar-refractivity contribution >= 4 is 5.69 Å². The highest BCUT2D eigenvalue weighted by atomic mass is 15.3. The molecule has 16 heavy (non-hydrogen) atoms. The van der Waals surface area contributed by atoms with E-state index in [-0.39, 0.29) is 0 Å². The Morgan fingerprint density at radius 2 is 1.81 bits per heavy atom. The van der Waals surface area contributed by atoms with Crippen molar-refractivity contribution in [2.75, 3.05) is 24.5 Å². The average molecular weight is 218 g/mol. The molecular weight excluding hydrogens is 196 g/mol. The monoisotopic (exact) mass is 218 g/mol. The van der Waals surface area contributed by atoms with E-state index >= 15 is 0 Å². The van der Waals surface area contributed by atoms with Crippen LogP contribution in [-0.4, -0.2) is 36.6 Å². The van der Waals surface area contributed by atoms with Gasteiger partial charge in [-0.2, -0.15) is 0 Å². The van der Waals surface area contributed by atoms with Gasteiger partial charge in [-0.15, -0.1) is 0 Å². The maximum absolute atomic E-state index is 2.58. The van der Waals surface area contributed by atoms with Crippen molar-refractivity contribution in [2.24, 2.45) is 0 Å². The zero-order valence-corrected chi connectivity index (χ0v) is 10.6. The van der Waals surface area contributed by atoms with E-state index in [4.69, 9.17) is 0 Å². The predicted molar refractivity (Wildman–Crippen MR) is 70.0 cm³/mol. The van der Waals surface area contributed by atoms with Crippen LogP contribution in [0, 0.1) is 0 Å². The van der Waals surface area contributed by atoms with E-state index < -0.39 is 0 Å². The van der Waals surface area contributed by atoms with Gasteiger partial charge in [-0.25, -0.2) is 0 Å². The number of rotatable bonds is 2. The fourth-order valence-corrected chi connectivity index (χ4v) is 2.61. The Kier molecular flexibility index (Phi) is 3.49. The molecule has 0 aliphatic carbocycles. The summed E-state index contributed by atoms with van der Waals surface area (Å²) in [6.45, 7) is 10.4. The summed E-state index contributed by atoms with van der Waals surface area (Å²) in [6, 6.07) is 12.0. The zero-order valence-electron chi connectivity index (χ0n) is 10.6. The summed E-state index contributed by atoms with van der Waals surface area (Å²) in [5.74, 6) is 0. The van der Waals surface area contributed by atoms with Crippen LogP contribution in [0.5, 0.6) is 0 Å². The standard InChI is InChI=1S/C14H22N2/c1-12(2)16-10-9-15(11-13(16)3)14-7-5-4-6-8-14/h4-8,12-13H,9-11H2,1-3H3/t13-/m0/s1. The molecule has 2 rings (SSSR count). The van der Waals surface area contributed by atoms with Crippen LogP contribution in [0.3, 0.4) is 0 Å². The van der Waals surface area contributed by atoms with E-state index in [0.29, 0.717) is 12.1 Å². The Morgan fingerprint density at radius 1 is 1.12 bits per heavy atom. The predicted octanol–water partition coefficient (Wildman–Crippen LogP) is 2.61. The number of para-hydroxylation sites is 1. The van der Waals surface area contributed by atoms with Crippen molar-refractivity contribution in [3.63, 3.8) is 0 Å². The van der Waals surface area contributed by atoms with E-state index in [1.165, 1.54) is 12.2 Å². The van der Waals surface area contributed by atoms with Crippen LogP contribution in [0.2, 0.25) is 0 Å². The van der Waals surface area contributed by atoms with Gasteiger partial charge in [0.25, 0.3) is 0 Å². The fourth-order valence-electron chi connectivity index (χ4n) is 2.61. The minimum Gasteiger partial charge on any atom is -0.369 e. The summed E-state index contributed by atoms with van der Waals surface area (Å²) in [4.78, 5) is 5.07. The van der Waals surface area contributed by atoms with Gasteiger partial charge in [0.2, 0.25) is 0 Å². The molecule has 2 nitrogen and oxygen atoms in total. The summed E-state index contributed by atoms with van der Waals surface area (Å²) < 4.78 is 0. The number of hydrogen-bond donors (Lipinski definition) is 0. The summed E-state index contributed by atoms with van der Waals surface area (Å²) in [5.41, 5.74) is 1.36. The minimum atomic E-state index is 0.647. The number of piperazine rings is 1. The number of hydrogen-bond acceptors (Lipinski definition) is 2. The highest BCUT2D eigenvalue weighted by molar-refractivity contribution is 5.46. The Morgan fingerprint density at radius 3 is 2.38 bits per heavy atom. The number of benzene rings is 1. The average Bonchev–Trinajstić information content (AvgIpc) is 2.29. The lowest BCUT2D eigenvalue weighted by Gasteiger charge is -2.43. The number of anilines is 1. The first-order valence-corrected chi connectivity index (χ1v) is 6.24. The molecule has 1 aliphatic heterocycles. The molecule has 0 saturated carbocycles. The molecule has 0 amide bonds. The van der Waals surface area contributed by atoms with Crippen molar-refractivity contribution in [3.8, 4) is 0 Å². The molecule has 0 unspecified atom stereocenters. The Bertz CT molecular complexity index is 321. The molecule has 1 fully saturated rings. The lowest BCUT2D eigenvalue weighted by molar-refractivity contribution is 0.148. The summed E-state index contributed by atoms with van der Waals surface area (Å²) >= 11 is 0. The second-order valence-electron chi connectivity index (χ2n) is 4.96. The quantitative estimate of drug-likeness (QED) is 0.753. The maximum Gasteiger partial charge on any atom is 0.0367 e. The summed E-state index contributed by atoms with van der Waals surface area (Å²) in [6.07, 6.45) is 0. The third-order valence-corrected chi connectivity index (χ3v) is 3.46. The Hall–Kier alpha value is -1.02. The molecule has 1 aromatic carbocycles. The van der Waals surface area contributed by atoms with Crippen LogP contribution < -0.4 is 4.90 Å². The lowest BCUT2D eigenvalue weighted by Crippen LogP contribution is -2.54. The van der Waals surface area contributed by atoms with Gasteiger partial charge in [-0.1, -0.05) is 18.2 Å². The highest BCUT2D eigenvalue weighted by Gasteiger charge is 2.25. The highest BCUT2D eigenvalue weighted by Crippen LogP contribution is 2.19. The molecule has 0 N–H and O–H groups in total. The van der Waals surface area contributed by atoms with Crippen LogP contribution in [0.1, 0.15) is 20.8 Å². The molecule has 1 atom stereocenters. The van der Waals surface area contributed by atoms with Gasteiger partial charge in [0, 0.05) is 37.4 Å². The first kappa shape index (κ1) is 11.5. The normalized spacial score (nSPS) is 22.8. The van der Waals surface area contributed by atoms with Gasteiger partial charge in [-0.3, -0.25) is 4.90 Å². The van der Waals surface area contributed by atoms with Crippen molar-refractivity contribution < 1.29 is 0 Å². The molecule has 1 saturated heterocycles. The lowest BCUT2D eigenvalue weighted by atomic mass is 10.1. The smallest absolute Gasteiger partial charge is 0.0367 e. The fraction of sp³-hybridized carbons (Fsp3) is 0.571. The van der Waals surface area contributed by atoms with Gasteiger partial charge in [0.05, 0.1) is 0 Å².